The van der Waals surface area contributed by atoms with E-state index in [0.717, 1.165) is 17.7 Å². The second kappa shape index (κ2) is 9.95. The monoisotopic (exact) mass is 391 g/mol. The molecular formula is C22H27ClFNO2. The van der Waals surface area contributed by atoms with Crippen molar-refractivity contribution in [3.05, 3.63) is 58.4 Å². The van der Waals surface area contributed by atoms with Crippen LogP contribution >= 0.6 is 11.6 Å². The molecule has 0 aliphatic heterocycles. The lowest BCUT2D eigenvalue weighted by atomic mass is 10.1. The summed E-state index contributed by atoms with van der Waals surface area (Å²) in [7, 11) is 1.61. The molecule has 2 aromatic rings. The Morgan fingerprint density at radius 1 is 1.04 bits per heavy atom. The highest BCUT2D eigenvalue weighted by Gasteiger charge is 2.15. The molecule has 1 saturated carbocycles. The van der Waals surface area contributed by atoms with Crippen molar-refractivity contribution in [2.75, 3.05) is 7.11 Å². The van der Waals surface area contributed by atoms with Crippen molar-refractivity contribution >= 4 is 11.6 Å². The molecule has 5 heteroatoms. The van der Waals surface area contributed by atoms with E-state index < -0.39 is 0 Å². The molecule has 0 unspecified atom stereocenters. The van der Waals surface area contributed by atoms with Gasteiger partial charge in [-0.15, -0.1) is 0 Å². The average Bonchev–Trinajstić information content (AvgIpc) is 2.95. The van der Waals surface area contributed by atoms with Gasteiger partial charge in [-0.1, -0.05) is 49.4 Å². The van der Waals surface area contributed by atoms with Crippen LogP contribution in [-0.2, 0) is 13.2 Å². The maximum Gasteiger partial charge on any atom is 0.180 e. The lowest BCUT2D eigenvalue weighted by Crippen LogP contribution is -2.27. The van der Waals surface area contributed by atoms with Crippen molar-refractivity contribution in [2.24, 2.45) is 0 Å². The normalized spacial score (nSPS) is 15.4. The van der Waals surface area contributed by atoms with E-state index in [-0.39, 0.29) is 5.82 Å². The van der Waals surface area contributed by atoms with Crippen LogP contribution in [0.15, 0.2) is 36.4 Å². The highest BCUT2D eigenvalue weighted by atomic mass is 35.5. The molecule has 1 aliphatic carbocycles. The SMILES string of the molecule is COc1cc(CNC2CCCCCC2)cc(Cl)c1OCc1ccc(F)cc1. The molecule has 0 bridgehead atoms. The molecule has 3 rings (SSSR count). The first kappa shape index (κ1) is 20.0. The predicted molar refractivity (Wildman–Crippen MR) is 107 cm³/mol. The highest BCUT2D eigenvalue weighted by molar-refractivity contribution is 6.32. The minimum Gasteiger partial charge on any atom is -0.493 e. The van der Waals surface area contributed by atoms with Gasteiger partial charge in [0.25, 0.3) is 0 Å². The Morgan fingerprint density at radius 2 is 1.74 bits per heavy atom. The standard InChI is InChI=1S/C22H27ClFNO2/c1-26-21-13-17(14-25-19-6-4-2-3-5-7-19)12-20(23)22(21)27-15-16-8-10-18(24)11-9-16/h8-13,19,25H,2-7,14-15H2,1H3. The van der Waals surface area contributed by atoms with Crippen LogP contribution in [0.3, 0.4) is 0 Å². The van der Waals surface area contributed by atoms with E-state index in [1.807, 2.05) is 12.1 Å². The summed E-state index contributed by atoms with van der Waals surface area (Å²) in [6, 6.07) is 10.7. The van der Waals surface area contributed by atoms with E-state index in [1.165, 1.54) is 50.7 Å². The zero-order chi connectivity index (χ0) is 19.1. The van der Waals surface area contributed by atoms with Gasteiger partial charge in [0.1, 0.15) is 12.4 Å². The first-order valence-corrected chi connectivity index (χ1v) is 10.0. The van der Waals surface area contributed by atoms with Crippen molar-refractivity contribution in [2.45, 2.75) is 57.7 Å². The Labute approximate surface area is 165 Å². The summed E-state index contributed by atoms with van der Waals surface area (Å²) in [6.07, 6.45) is 7.78. The Balaban J connectivity index is 1.64. The van der Waals surface area contributed by atoms with Gasteiger partial charge < -0.3 is 14.8 Å². The van der Waals surface area contributed by atoms with Gasteiger partial charge in [0.2, 0.25) is 0 Å². The topological polar surface area (TPSA) is 30.5 Å². The van der Waals surface area contributed by atoms with E-state index >= 15 is 0 Å². The van der Waals surface area contributed by atoms with Crippen molar-refractivity contribution in [3.63, 3.8) is 0 Å². The second-order valence-corrected chi connectivity index (χ2v) is 7.50. The van der Waals surface area contributed by atoms with Gasteiger partial charge in [-0.3, -0.25) is 0 Å². The summed E-state index contributed by atoms with van der Waals surface area (Å²) in [5.41, 5.74) is 1.95. The molecule has 0 atom stereocenters. The first-order chi connectivity index (χ1) is 13.2. The fraction of sp³-hybridized carbons (Fsp3) is 0.455. The van der Waals surface area contributed by atoms with Crippen LogP contribution in [0.2, 0.25) is 5.02 Å². The molecule has 0 aromatic heterocycles. The summed E-state index contributed by atoms with van der Waals surface area (Å²) in [5.74, 6) is 0.865. The minimum absolute atomic E-state index is 0.264. The number of rotatable bonds is 7. The smallest absolute Gasteiger partial charge is 0.180 e. The highest BCUT2D eigenvalue weighted by Crippen LogP contribution is 2.37. The number of benzene rings is 2. The van der Waals surface area contributed by atoms with Gasteiger partial charge >= 0.3 is 0 Å². The zero-order valence-corrected chi connectivity index (χ0v) is 16.5. The van der Waals surface area contributed by atoms with E-state index in [1.54, 1.807) is 19.2 Å². The van der Waals surface area contributed by atoms with E-state index in [2.05, 4.69) is 5.32 Å². The van der Waals surface area contributed by atoms with Crippen LogP contribution in [0.4, 0.5) is 4.39 Å². The molecule has 3 nitrogen and oxygen atoms in total. The Morgan fingerprint density at radius 3 is 2.41 bits per heavy atom. The molecule has 1 N–H and O–H groups in total. The first-order valence-electron chi connectivity index (χ1n) is 9.63. The molecule has 1 fully saturated rings. The summed E-state index contributed by atoms with van der Waals surface area (Å²) < 4.78 is 24.4. The summed E-state index contributed by atoms with van der Waals surface area (Å²) in [6.45, 7) is 1.06. The minimum atomic E-state index is -0.264. The number of methoxy groups -OCH3 is 1. The molecule has 1 aliphatic rings. The number of ether oxygens (including phenoxy) is 2. The van der Waals surface area contributed by atoms with E-state index in [4.69, 9.17) is 21.1 Å². The third kappa shape index (κ3) is 5.85. The van der Waals surface area contributed by atoms with Gasteiger partial charge in [-0.25, -0.2) is 4.39 Å². The van der Waals surface area contributed by atoms with Crippen molar-refractivity contribution < 1.29 is 13.9 Å². The number of nitrogens with one attached hydrogen (secondary N) is 1. The molecule has 146 valence electrons. The van der Waals surface area contributed by atoms with Crippen molar-refractivity contribution in [1.82, 2.24) is 5.32 Å². The third-order valence-electron chi connectivity index (χ3n) is 5.04. The fourth-order valence-corrected chi connectivity index (χ4v) is 3.79. The van der Waals surface area contributed by atoms with Crippen LogP contribution in [0.5, 0.6) is 11.5 Å². The maximum absolute atomic E-state index is 13.0. The van der Waals surface area contributed by atoms with Crippen LogP contribution < -0.4 is 14.8 Å². The zero-order valence-electron chi connectivity index (χ0n) is 15.8. The lowest BCUT2D eigenvalue weighted by Gasteiger charge is -2.18. The molecule has 0 spiro atoms. The second-order valence-electron chi connectivity index (χ2n) is 7.09. The maximum atomic E-state index is 13.0. The molecule has 0 radical (unpaired) electrons. The number of halogens is 2. The number of hydrogen-bond donors (Lipinski definition) is 1. The quantitative estimate of drug-likeness (QED) is 0.598. The van der Waals surface area contributed by atoms with E-state index in [9.17, 15) is 4.39 Å². The van der Waals surface area contributed by atoms with Crippen LogP contribution in [0.25, 0.3) is 0 Å². The van der Waals surface area contributed by atoms with Crippen LogP contribution in [0, 0.1) is 5.82 Å². The van der Waals surface area contributed by atoms with Gasteiger partial charge in [0, 0.05) is 12.6 Å². The van der Waals surface area contributed by atoms with Crippen molar-refractivity contribution in [3.8, 4) is 11.5 Å². The van der Waals surface area contributed by atoms with Crippen LogP contribution in [0.1, 0.15) is 49.7 Å². The molecule has 27 heavy (non-hydrogen) atoms. The van der Waals surface area contributed by atoms with Gasteiger partial charge in [-0.05, 0) is 48.2 Å². The number of hydrogen-bond acceptors (Lipinski definition) is 3. The third-order valence-corrected chi connectivity index (χ3v) is 5.32. The lowest BCUT2D eigenvalue weighted by molar-refractivity contribution is 0.284. The molecule has 0 amide bonds. The van der Waals surface area contributed by atoms with Crippen molar-refractivity contribution in [1.29, 1.82) is 0 Å². The van der Waals surface area contributed by atoms with E-state index in [0.29, 0.717) is 29.2 Å². The molecule has 0 heterocycles. The molecular weight excluding hydrogens is 365 g/mol. The molecule has 0 saturated heterocycles. The Hall–Kier alpha value is -1.78. The van der Waals surface area contributed by atoms with Gasteiger partial charge in [-0.2, -0.15) is 0 Å². The van der Waals surface area contributed by atoms with Gasteiger partial charge in [0.15, 0.2) is 11.5 Å². The Bertz CT molecular complexity index is 728. The Kier molecular flexibility index (Phi) is 7.36. The fourth-order valence-electron chi connectivity index (χ4n) is 3.50. The largest absolute Gasteiger partial charge is 0.493 e. The molecule has 2 aromatic carbocycles. The summed E-state index contributed by atoms with van der Waals surface area (Å²) in [4.78, 5) is 0. The predicted octanol–water partition coefficient (Wildman–Crippen LogP) is 5.88. The average molecular weight is 392 g/mol. The van der Waals surface area contributed by atoms with Gasteiger partial charge in [0.05, 0.1) is 12.1 Å². The summed E-state index contributed by atoms with van der Waals surface area (Å²) in [5, 5.41) is 4.17. The summed E-state index contributed by atoms with van der Waals surface area (Å²) >= 11 is 6.46. The van der Waals surface area contributed by atoms with Crippen LogP contribution in [-0.4, -0.2) is 13.2 Å².